The molecule has 0 atom stereocenters. The SMILES string of the molecule is CN(CCOCC1CC1)C(=O)CC1(CC(=O)O)CCCC1. The van der Waals surface area contributed by atoms with Crippen molar-refractivity contribution in [3.05, 3.63) is 0 Å². The molecular formula is C16H27NO4. The monoisotopic (exact) mass is 297 g/mol. The Hall–Kier alpha value is -1.10. The van der Waals surface area contributed by atoms with E-state index in [2.05, 4.69) is 0 Å². The van der Waals surface area contributed by atoms with E-state index in [0.29, 0.717) is 19.6 Å². The van der Waals surface area contributed by atoms with Crippen molar-refractivity contribution in [1.82, 2.24) is 4.90 Å². The van der Waals surface area contributed by atoms with E-state index >= 15 is 0 Å². The van der Waals surface area contributed by atoms with Crippen molar-refractivity contribution in [3.8, 4) is 0 Å². The molecule has 5 heteroatoms. The normalized spacial score (nSPS) is 20.4. The number of hydrogen-bond acceptors (Lipinski definition) is 3. The molecule has 0 aromatic carbocycles. The molecule has 0 spiro atoms. The topological polar surface area (TPSA) is 66.8 Å². The minimum atomic E-state index is -0.792. The Balaban J connectivity index is 1.73. The van der Waals surface area contributed by atoms with E-state index in [1.54, 1.807) is 11.9 Å². The number of amides is 1. The zero-order valence-electron chi connectivity index (χ0n) is 13.0. The fourth-order valence-electron chi connectivity index (χ4n) is 3.18. The van der Waals surface area contributed by atoms with Gasteiger partial charge in [0.25, 0.3) is 0 Å². The average Bonchev–Trinajstić information content (AvgIpc) is 3.14. The Morgan fingerprint density at radius 3 is 2.48 bits per heavy atom. The molecule has 2 aliphatic rings. The molecule has 2 aliphatic carbocycles. The number of carbonyl (C=O) groups is 2. The van der Waals surface area contributed by atoms with Gasteiger partial charge in [0, 0.05) is 26.6 Å². The smallest absolute Gasteiger partial charge is 0.303 e. The summed E-state index contributed by atoms with van der Waals surface area (Å²) in [6, 6.07) is 0. The molecule has 0 bridgehead atoms. The van der Waals surface area contributed by atoms with Crippen LogP contribution in [0.1, 0.15) is 51.4 Å². The van der Waals surface area contributed by atoms with E-state index in [-0.39, 0.29) is 17.7 Å². The first-order valence-corrected chi connectivity index (χ1v) is 8.04. The number of rotatable bonds is 9. The summed E-state index contributed by atoms with van der Waals surface area (Å²) >= 11 is 0. The molecule has 0 saturated heterocycles. The number of ether oxygens (including phenoxy) is 1. The highest BCUT2D eigenvalue weighted by Gasteiger charge is 2.38. The first-order valence-electron chi connectivity index (χ1n) is 8.04. The summed E-state index contributed by atoms with van der Waals surface area (Å²) < 4.78 is 5.55. The van der Waals surface area contributed by atoms with E-state index in [4.69, 9.17) is 9.84 Å². The summed E-state index contributed by atoms with van der Waals surface area (Å²) in [5.74, 6) is -0.00313. The molecule has 5 nitrogen and oxygen atoms in total. The van der Waals surface area contributed by atoms with E-state index in [1.165, 1.54) is 12.8 Å². The molecule has 1 N–H and O–H groups in total. The molecule has 2 saturated carbocycles. The number of aliphatic carboxylic acids is 1. The zero-order valence-corrected chi connectivity index (χ0v) is 13.0. The predicted octanol–water partition coefficient (Wildman–Crippen LogP) is 2.30. The van der Waals surface area contributed by atoms with Crippen LogP contribution in [-0.2, 0) is 14.3 Å². The van der Waals surface area contributed by atoms with Crippen LogP contribution in [0.2, 0.25) is 0 Å². The van der Waals surface area contributed by atoms with E-state index in [1.807, 2.05) is 0 Å². The van der Waals surface area contributed by atoms with Crippen LogP contribution >= 0.6 is 0 Å². The Labute approximate surface area is 126 Å². The zero-order chi connectivity index (χ0) is 15.3. The van der Waals surface area contributed by atoms with Crippen molar-refractivity contribution in [2.24, 2.45) is 11.3 Å². The molecule has 1 amide bonds. The molecule has 0 radical (unpaired) electrons. The van der Waals surface area contributed by atoms with Crippen LogP contribution in [0.4, 0.5) is 0 Å². The maximum atomic E-state index is 12.3. The van der Waals surface area contributed by atoms with Crippen LogP contribution < -0.4 is 0 Å². The van der Waals surface area contributed by atoms with E-state index in [0.717, 1.165) is 38.2 Å². The highest BCUT2D eigenvalue weighted by molar-refractivity contribution is 5.78. The molecule has 0 heterocycles. The van der Waals surface area contributed by atoms with Crippen molar-refractivity contribution in [1.29, 1.82) is 0 Å². The number of hydrogen-bond donors (Lipinski definition) is 1. The van der Waals surface area contributed by atoms with Crippen LogP contribution in [0.25, 0.3) is 0 Å². The maximum Gasteiger partial charge on any atom is 0.303 e. The third kappa shape index (κ3) is 5.30. The third-order valence-corrected chi connectivity index (χ3v) is 4.76. The lowest BCUT2D eigenvalue weighted by atomic mass is 9.79. The summed E-state index contributed by atoms with van der Waals surface area (Å²) in [7, 11) is 1.78. The Kier molecular flexibility index (Phi) is 5.62. The molecule has 120 valence electrons. The Morgan fingerprint density at radius 1 is 1.24 bits per heavy atom. The molecule has 0 aromatic heterocycles. The summed E-state index contributed by atoms with van der Waals surface area (Å²) in [5.41, 5.74) is -0.313. The molecule has 2 fully saturated rings. The molecule has 21 heavy (non-hydrogen) atoms. The average molecular weight is 297 g/mol. The van der Waals surface area contributed by atoms with Crippen LogP contribution in [0, 0.1) is 11.3 Å². The van der Waals surface area contributed by atoms with Gasteiger partial charge in [-0.05, 0) is 37.0 Å². The van der Waals surface area contributed by atoms with Gasteiger partial charge in [-0.15, -0.1) is 0 Å². The fourth-order valence-corrected chi connectivity index (χ4v) is 3.18. The third-order valence-electron chi connectivity index (χ3n) is 4.76. The summed E-state index contributed by atoms with van der Waals surface area (Å²) in [6.07, 6.45) is 6.81. The predicted molar refractivity (Wildman–Crippen MR) is 79.0 cm³/mol. The van der Waals surface area contributed by atoms with Gasteiger partial charge in [-0.1, -0.05) is 12.8 Å². The van der Waals surface area contributed by atoms with Gasteiger partial charge in [0.05, 0.1) is 13.0 Å². The number of carboxylic acid groups (broad SMARTS) is 1. The Bertz CT molecular complexity index is 372. The van der Waals surface area contributed by atoms with Crippen LogP contribution in [0.15, 0.2) is 0 Å². The van der Waals surface area contributed by atoms with Crippen molar-refractivity contribution in [2.45, 2.75) is 51.4 Å². The lowest BCUT2D eigenvalue weighted by Crippen LogP contribution is -2.35. The van der Waals surface area contributed by atoms with Crippen LogP contribution in [0.5, 0.6) is 0 Å². The minimum absolute atomic E-state index is 0.0492. The van der Waals surface area contributed by atoms with Gasteiger partial charge in [-0.3, -0.25) is 9.59 Å². The van der Waals surface area contributed by atoms with Gasteiger partial charge in [0.2, 0.25) is 5.91 Å². The number of likely N-dealkylation sites (N-methyl/N-ethyl adjacent to an activating group) is 1. The number of carbonyl (C=O) groups excluding carboxylic acids is 1. The largest absolute Gasteiger partial charge is 0.481 e. The van der Waals surface area contributed by atoms with Gasteiger partial charge in [0.15, 0.2) is 0 Å². The molecule has 2 rings (SSSR count). The van der Waals surface area contributed by atoms with Crippen molar-refractivity contribution in [2.75, 3.05) is 26.8 Å². The standard InChI is InChI=1S/C16H27NO4/c1-17(8-9-21-12-13-4-5-13)14(18)10-16(11-15(19)20)6-2-3-7-16/h13H,2-12H2,1H3,(H,19,20). The van der Waals surface area contributed by atoms with Crippen molar-refractivity contribution < 1.29 is 19.4 Å². The first-order chi connectivity index (χ1) is 10.0. The maximum absolute atomic E-state index is 12.3. The second kappa shape index (κ2) is 7.25. The lowest BCUT2D eigenvalue weighted by Gasteiger charge is -2.29. The summed E-state index contributed by atoms with van der Waals surface area (Å²) in [5, 5.41) is 9.08. The molecule has 0 aliphatic heterocycles. The number of nitrogens with zero attached hydrogens (tertiary/aromatic N) is 1. The highest BCUT2D eigenvalue weighted by Crippen LogP contribution is 2.44. The lowest BCUT2D eigenvalue weighted by molar-refractivity contribution is -0.141. The summed E-state index contributed by atoms with van der Waals surface area (Å²) in [6.45, 7) is 1.98. The van der Waals surface area contributed by atoms with Gasteiger partial charge < -0.3 is 14.7 Å². The van der Waals surface area contributed by atoms with Crippen molar-refractivity contribution in [3.63, 3.8) is 0 Å². The molecule has 0 aromatic rings. The van der Waals surface area contributed by atoms with E-state index < -0.39 is 5.97 Å². The van der Waals surface area contributed by atoms with Crippen LogP contribution in [0.3, 0.4) is 0 Å². The Morgan fingerprint density at radius 2 is 1.90 bits per heavy atom. The van der Waals surface area contributed by atoms with Gasteiger partial charge >= 0.3 is 5.97 Å². The summed E-state index contributed by atoms with van der Waals surface area (Å²) in [4.78, 5) is 25.0. The van der Waals surface area contributed by atoms with E-state index in [9.17, 15) is 9.59 Å². The fraction of sp³-hybridized carbons (Fsp3) is 0.875. The quantitative estimate of drug-likeness (QED) is 0.663. The second-order valence-corrected chi connectivity index (χ2v) is 6.79. The minimum Gasteiger partial charge on any atom is -0.481 e. The van der Waals surface area contributed by atoms with Crippen molar-refractivity contribution >= 4 is 11.9 Å². The van der Waals surface area contributed by atoms with Gasteiger partial charge in [0.1, 0.15) is 0 Å². The second-order valence-electron chi connectivity index (χ2n) is 6.79. The van der Waals surface area contributed by atoms with Gasteiger partial charge in [-0.2, -0.15) is 0 Å². The first kappa shape index (κ1) is 16.3. The highest BCUT2D eigenvalue weighted by atomic mass is 16.5. The van der Waals surface area contributed by atoms with Gasteiger partial charge in [-0.25, -0.2) is 0 Å². The number of carboxylic acids is 1. The molecular weight excluding hydrogens is 270 g/mol. The molecule has 0 unspecified atom stereocenters. The van der Waals surface area contributed by atoms with Crippen LogP contribution in [-0.4, -0.2) is 48.7 Å².